The molecule has 0 saturated carbocycles. The Hall–Kier alpha value is -1.96. The second-order valence-electron chi connectivity index (χ2n) is 2.76. The number of hydrogen-bond donors (Lipinski definition) is 1. The highest BCUT2D eigenvalue weighted by Gasteiger charge is 2.18. The van der Waals surface area contributed by atoms with Gasteiger partial charge in [-0.05, 0) is 13.8 Å². The third kappa shape index (κ3) is 1.55. The molecule has 1 rings (SSSR count). The summed E-state index contributed by atoms with van der Waals surface area (Å²) in [4.78, 5) is 11.4. The molecule has 0 spiro atoms. The van der Waals surface area contributed by atoms with E-state index in [1.807, 2.05) is 6.07 Å². The van der Waals surface area contributed by atoms with E-state index in [0.29, 0.717) is 11.1 Å². The lowest BCUT2D eigenvalue weighted by Crippen LogP contribution is -2.18. The maximum Gasteiger partial charge on any atom is 0.357 e. The third-order valence-corrected chi connectivity index (χ3v) is 1.87. The van der Waals surface area contributed by atoms with Crippen LogP contribution in [0.4, 0.5) is 0 Å². The molecular weight excluding hydrogens is 182 g/mol. The van der Waals surface area contributed by atoms with Crippen LogP contribution in [0.25, 0.3) is 0 Å². The predicted molar refractivity (Wildman–Crippen MR) is 50.0 cm³/mol. The second-order valence-corrected chi connectivity index (χ2v) is 2.76. The average molecular weight is 193 g/mol. The Morgan fingerprint density at radius 2 is 2.43 bits per heavy atom. The Balaban J connectivity index is 3.15. The molecule has 0 saturated heterocycles. The molecular formula is C9H11N3O2. The van der Waals surface area contributed by atoms with Gasteiger partial charge in [0.1, 0.15) is 6.07 Å². The molecule has 0 atom stereocenters. The van der Waals surface area contributed by atoms with E-state index < -0.39 is 5.97 Å². The second kappa shape index (κ2) is 3.83. The molecule has 1 heterocycles. The highest BCUT2D eigenvalue weighted by atomic mass is 16.5. The zero-order valence-electron chi connectivity index (χ0n) is 8.07. The van der Waals surface area contributed by atoms with Gasteiger partial charge in [0.15, 0.2) is 5.69 Å². The van der Waals surface area contributed by atoms with Crippen molar-refractivity contribution in [3.8, 4) is 6.07 Å². The van der Waals surface area contributed by atoms with E-state index in [1.165, 1.54) is 6.20 Å². The summed E-state index contributed by atoms with van der Waals surface area (Å²) in [6, 6.07) is 1.94. The number of nitrogens with zero attached hydrogens (tertiary/aromatic N) is 2. The van der Waals surface area contributed by atoms with Crippen molar-refractivity contribution in [1.29, 1.82) is 5.26 Å². The Morgan fingerprint density at radius 1 is 1.79 bits per heavy atom. The van der Waals surface area contributed by atoms with Crippen LogP contribution in [0.1, 0.15) is 28.5 Å². The average Bonchev–Trinajstić information content (AvgIpc) is 2.41. The van der Waals surface area contributed by atoms with Gasteiger partial charge in [-0.15, -0.1) is 0 Å². The zero-order chi connectivity index (χ0) is 10.7. The van der Waals surface area contributed by atoms with E-state index in [-0.39, 0.29) is 12.3 Å². The molecule has 0 amide bonds. The van der Waals surface area contributed by atoms with Gasteiger partial charge in [-0.1, -0.05) is 0 Å². The number of nitriles is 1. The molecule has 1 aromatic rings. The van der Waals surface area contributed by atoms with Crippen LogP contribution in [-0.2, 0) is 4.74 Å². The molecule has 5 nitrogen and oxygen atoms in total. The Morgan fingerprint density at radius 3 is 2.86 bits per heavy atom. The summed E-state index contributed by atoms with van der Waals surface area (Å²) in [5.74, 6) is 5.01. The van der Waals surface area contributed by atoms with Crippen LogP contribution < -0.4 is 5.84 Å². The van der Waals surface area contributed by atoms with Gasteiger partial charge in [-0.25, -0.2) is 4.79 Å². The molecule has 5 heteroatoms. The molecule has 0 aliphatic carbocycles. The van der Waals surface area contributed by atoms with E-state index in [4.69, 9.17) is 15.8 Å². The highest BCUT2D eigenvalue weighted by molar-refractivity contribution is 5.90. The molecule has 1 aromatic heterocycles. The van der Waals surface area contributed by atoms with Crippen molar-refractivity contribution in [2.24, 2.45) is 0 Å². The number of aromatic nitrogens is 1. The summed E-state index contributed by atoms with van der Waals surface area (Å²) in [6.45, 7) is 3.65. The van der Waals surface area contributed by atoms with Crippen molar-refractivity contribution in [2.45, 2.75) is 13.8 Å². The lowest BCUT2D eigenvalue weighted by molar-refractivity contribution is 0.0515. The molecule has 0 unspecified atom stereocenters. The van der Waals surface area contributed by atoms with Crippen LogP contribution in [0.15, 0.2) is 6.20 Å². The quantitative estimate of drug-likeness (QED) is 0.549. The third-order valence-electron chi connectivity index (χ3n) is 1.87. The van der Waals surface area contributed by atoms with Crippen molar-refractivity contribution < 1.29 is 9.53 Å². The summed E-state index contributed by atoms with van der Waals surface area (Å²) in [5, 5.41) is 8.70. The maximum absolute atomic E-state index is 11.4. The first-order valence-corrected chi connectivity index (χ1v) is 4.16. The van der Waals surface area contributed by atoms with Crippen LogP contribution in [-0.4, -0.2) is 17.3 Å². The Labute approximate surface area is 81.7 Å². The summed E-state index contributed by atoms with van der Waals surface area (Å²) >= 11 is 0. The molecule has 0 radical (unpaired) electrons. The first kappa shape index (κ1) is 10.1. The van der Waals surface area contributed by atoms with E-state index in [0.717, 1.165) is 4.68 Å². The maximum atomic E-state index is 11.4. The lowest BCUT2D eigenvalue weighted by atomic mass is 10.2. The Kier molecular flexibility index (Phi) is 2.77. The van der Waals surface area contributed by atoms with Crippen LogP contribution in [0.3, 0.4) is 0 Å². The molecule has 14 heavy (non-hydrogen) atoms. The summed E-state index contributed by atoms with van der Waals surface area (Å²) < 4.78 is 5.92. The molecule has 0 bridgehead atoms. The first-order chi connectivity index (χ1) is 6.61. The van der Waals surface area contributed by atoms with Gasteiger partial charge in [-0.2, -0.15) is 5.26 Å². The molecule has 74 valence electrons. The fraction of sp³-hybridized carbons (Fsp3) is 0.333. The molecule has 0 aliphatic heterocycles. The highest BCUT2D eigenvalue weighted by Crippen LogP contribution is 2.14. The van der Waals surface area contributed by atoms with Gasteiger partial charge in [0.05, 0.1) is 12.2 Å². The van der Waals surface area contributed by atoms with Crippen molar-refractivity contribution in [3.63, 3.8) is 0 Å². The number of nitrogen functional groups attached to an aromatic ring is 1. The Bertz CT molecular complexity index is 401. The number of nitrogens with two attached hydrogens (primary N) is 1. The largest absolute Gasteiger partial charge is 0.461 e. The van der Waals surface area contributed by atoms with Gasteiger partial charge >= 0.3 is 5.97 Å². The number of carbonyl (C=O) groups excluding carboxylic acids is 1. The van der Waals surface area contributed by atoms with E-state index in [2.05, 4.69) is 0 Å². The number of hydrogen-bond acceptors (Lipinski definition) is 4. The normalized spacial score (nSPS) is 9.50. The summed E-state index contributed by atoms with van der Waals surface area (Å²) in [7, 11) is 0. The SMILES string of the molecule is CCOC(=O)c1c(C)c(C#N)cn1N. The van der Waals surface area contributed by atoms with Crippen molar-refractivity contribution >= 4 is 5.97 Å². The lowest BCUT2D eigenvalue weighted by Gasteiger charge is -2.03. The van der Waals surface area contributed by atoms with Gasteiger partial charge in [0, 0.05) is 11.8 Å². The summed E-state index contributed by atoms with van der Waals surface area (Å²) in [6.07, 6.45) is 1.40. The molecule has 0 fully saturated rings. The van der Waals surface area contributed by atoms with Gasteiger partial charge < -0.3 is 10.6 Å². The standard InChI is InChI=1S/C9H11N3O2/c1-3-14-9(13)8-6(2)7(4-10)5-12(8)11/h5H,3,11H2,1-2H3. The minimum absolute atomic E-state index is 0.225. The zero-order valence-corrected chi connectivity index (χ0v) is 8.07. The first-order valence-electron chi connectivity index (χ1n) is 4.16. The summed E-state index contributed by atoms with van der Waals surface area (Å²) in [5.41, 5.74) is 1.16. The van der Waals surface area contributed by atoms with Crippen LogP contribution in [0.2, 0.25) is 0 Å². The fourth-order valence-electron chi connectivity index (χ4n) is 1.19. The van der Waals surface area contributed by atoms with Crippen LogP contribution in [0.5, 0.6) is 0 Å². The minimum Gasteiger partial charge on any atom is -0.461 e. The monoisotopic (exact) mass is 193 g/mol. The van der Waals surface area contributed by atoms with E-state index in [9.17, 15) is 4.79 Å². The smallest absolute Gasteiger partial charge is 0.357 e. The van der Waals surface area contributed by atoms with Crippen molar-refractivity contribution in [1.82, 2.24) is 4.68 Å². The van der Waals surface area contributed by atoms with Crippen molar-refractivity contribution in [2.75, 3.05) is 12.4 Å². The van der Waals surface area contributed by atoms with Crippen LogP contribution in [0, 0.1) is 18.3 Å². The number of carbonyl (C=O) groups is 1. The number of rotatable bonds is 2. The topological polar surface area (TPSA) is 81.0 Å². The minimum atomic E-state index is -0.506. The predicted octanol–water partition coefficient (Wildman–Crippen LogP) is 0.559. The van der Waals surface area contributed by atoms with Gasteiger partial charge in [0.25, 0.3) is 0 Å². The molecule has 0 aliphatic rings. The number of esters is 1. The fourth-order valence-corrected chi connectivity index (χ4v) is 1.19. The van der Waals surface area contributed by atoms with Crippen molar-refractivity contribution in [3.05, 3.63) is 23.0 Å². The number of ether oxygens (including phenoxy) is 1. The van der Waals surface area contributed by atoms with E-state index >= 15 is 0 Å². The molecule has 2 N–H and O–H groups in total. The van der Waals surface area contributed by atoms with Gasteiger partial charge in [-0.3, -0.25) is 4.68 Å². The van der Waals surface area contributed by atoms with E-state index in [1.54, 1.807) is 13.8 Å². The van der Waals surface area contributed by atoms with Crippen LogP contribution >= 0.6 is 0 Å². The molecule has 0 aromatic carbocycles. The van der Waals surface area contributed by atoms with Gasteiger partial charge in [0.2, 0.25) is 0 Å².